The highest BCUT2D eigenvalue weighted by molar-refractivity contribution is 5.33. The average Bonchev–Trinajstić information content (AvgIpc) is 2.35. The summed E-state index contributed by atoms with van der Waals surface area (Å²) in [6, 6.07) is 8.24. The van der Waals surface area contributed by atoms with E-state index in [-0.39, 0.29) is 6.04 Å². The van der Waals surface area contributed by atoms with Crippen molar-refractivity contribution < 1.29 is 4.74 Å². The van der Waals surface area contributed by atoms with E-state index in [0.717, 1.165) is 25.1 Å². The standard InChI is InChI=1S/C14H19NO/c1-4-13(5-2)15-11-10-12-8-6-7-9-14(12)16-3/h1,6-9,13,15H,5,10-11H2,2-3H3. The smallest absolute Gasteiger partial charge is 0.122 e. The highest BCUT2D eigenvalue weighted by Gasteiger charge is 2.03. The first-order valence-electron chi connectivity index (χ1n) is 5.63. The van der Waals surface area contributed by atoms with Gasteiger partial charge in [0, 0.05) is 6.54 Å². The average molecular weight is 217 g/mol. The Bertz CT molecular complexity index is 354. The monoisotopic (exact) mass is 217 g/mol. The zero-order valence-corrected chi connectivity index (χ0v) is 9.99. The van der Waals surface area contributed by atoms with Crippen molar-refractivity contribution in [3.63, 3.8) is 0 Å². The number of methoxy groups -OCH3 is 1. The summed E-state index contributed by atoms with van der Waals surface area (Å²) in [5.41, 5.74) is 1.21. The SMILES string of the molecule is C#CC(CC)NCCc1ccccc1OC. The molecule has 0 saturated heterocycles. The van der Waals surface area contributed by atoms with Gasteiger partial charge in [-0.1, -0.05) is 31.0 Å². The highest BCUT2D eigenvalue weighted by atomic mass is 16.5. The molecule has 0 heterocycles. The van der Waals surface area contributed by atoms with Crippen LogP contribution in [-0.4, -0.2) is 19.7 Å². The maximum Gasteiger partial charge on any atom is 0.122 e. The van der Waals surface area contributed by atoms with Gasteiger partial charge in [-0.3, -0.25) is 0 Å². The zero-order chi connectivity index (χ0) is 11.8. The predicted molar refractivity (Wildman–Crippen MR) is 67.6 cm³/mol. The van der Waals surface area contributed by atoms with Gasteiger partial charge in [-0.25, -0.2) is 0 Å². The molecule has 0 aliphatic rings. The molecule has 2 nitrogen and oxygen atoms in total. The maximum absolute atomic E-state index is 5.38. The fraction of sp³-hybridized carbons (Fsp3) is 0.429. The molecule has 1 unspecified atom stereocenters. The largest absolute Gasteiger partial charge is 0.496 e. The van der Waals surface area contributed by atoms with E-state index in [1.54, 1.807) is 7.11 Å². The molecule has 0 aliphatic heterocycles. The minimum absolute atomic E-state index is 0.176. The topological polar surface area (TPSA) is 21.3 Å². The molecule has 86 valence electrons. The van der Waals surface area contributed by atoms with E-state index in [4.69, 9.17) is 11.2 Å². The molecule has 0 aliphatic carbocycles. The van der Waals surface area contributed by atoms with Crippen LogP contribution >= 0.6 is 0 Å². The van der Waals surface area contributed by atoms with Gasteiger partial charge in [-0.15, -0.1) is 6.42 Å². The van der Waals surface area contributed by atoms with Crippen molar-refractivity contribution in [3.8, 4) is 18.1 Å². The van der Waals surface area contributed by atoms with Crippen molar-refractivity contribution in [1.82, 2.24) is 5.32 Å². The molecular weight excluding hydrogens is 198 g/mol. The molecule has 1 rings (SSSR count). The second-order valence-electron chi connectivity index (χ2n) is 3.64. The fourth-order valence-electron chi connectivity index (χ4n) is 1.61. The first kappa shape index (κ1) is 12.6. The van der Waals surface area contributed by atoms with Gasteiger partial charge in [-0.2, -0.15) is 0 Å². The minimum Gasteiger partial charge on any atom is -0.496 e. The zero-order valence-electron chi connectivity index (χ0n) is 9.99. The van der Waals surface area contributed by atoms with Gasteiger partial charge in [-0.05, 0) is 24.5 Å². The maximum atomic E-state index is 5.38. The number of para-hydroxylation sites is 1. The van der Waals surface area contributed by atoms with Gasteiger partial charge in [0.15, 0.2) is 0 Å². The van der Waals surface area contributed by atoms with Gasteiger partial charge >= 0.3 is 0 Å². The van der Waals surface area contributed by atoms with Crippen LogP contribution in [0.3, 0.4) is 0 Å². The third-order valence-electron chi connectivity index (χ3n) is 2.59. The number of hydrogen-bond acceptors (Lipinski definition) is 2. The first-order valence-corrected chi connectivity index (χ1v) is 5.63. The Hall–Kier alpha value is -1.46. The number of rotatable bonds is 6. The van der Waals surface area contributed by atoms with Crippen LogP contribution in [0.15, 0.2) is 24.3 Å². The van der Waals surface area contributed by atoms with Gasteiger partial charge in [0.25, 0.3) is 0 Å². The summed E-state index contributed by atoms with van der Waals surface area (Å²) in [6.45, 7) is 2.96. The summed E-state index contributed by atoms with van der Waals surface area (Å²) in [6.07, 6.45) is 7.28. The Balaban J connectivity index is 2.46. The van der Waals surface area contributed by atoms with E-state index in [1.165, 1.54) is 5.56 Å². The van der Waals surface area contributed by atoms with E-state index in [1.807, 2.05) is 18.2 Å². The van der Waals surface area contributed by atoms with E-state index in [2.05, 4.69) is 24.2 Å². The molecule has 2 heteroatoms. The highest BCUT2D eigenvalue weighted by Crippen LogP contribution is 2.17. The lowest BCUT2D eigenvalue weighted by atomic mass is 10.1. The lowest BCUT2D eigenvalue weighted by Crippen LogP contribution is -2.28. The molecule has 16 heavy (non-hydrogen) atoms. The van der Waals surface area contributed by atoms with Crippen LogP contribution in [0.2, 0.25) is 0 Å². The molecule has 0 fully saturated rings. The summed E-state index contributed by atoms with van der Waals surface area (Å²) < 4.78 is 5.29. The van der Waals surface area contributed by atoms with Crippen LogP contribution < -0.4 is 10.1 Å². The molecule has 0 saturated carbocycles. The van der Waals surface area contributed by atoms with Crippen LogP contribution in [0.5, 0.6) is 5.75 Å². The third-order valence-corrected chi connectivity index (χ3v) is 2.59. The summed E-state index contributed by atoms with van der Waals surface area (Å²) in [5.74, 6) is 3.67. The van der Waals surface area contributed by atoms with Crippen molar-refractivity contribution in [1.29, 1.82) is 0 Å². The number of benzene rings is 1. The third kappa shape index (κ3) is 3.60. The van der Waals surface area contributed by atoms with Crippen molar-refractivity contribution >= 4 is 0 Å². The first-order chi connectivity index (χ1) is 7.81. The summed E-state index contributed by atoms with van der Waals surface area (Å²) in [7, 11) is 1.70. The minimum atomic E-state index is 0.176. The Morgan fingerprint density at radius 3 is 2.81 bits per heavy atom. The second kappa shape index (κ2) is 6.92. The molecule has 0 bridgehead atoms. The molecule has 1 aromatic carbocycles. The van der Waals surface area contributed by atoms with Crippen molar-refractivity contribution in [2.24, 2.45) is 0 Å². The molecular formula is C14H19NO. The van der Waals surface area contributed by atoms with Crippen molar-refractivity contribution in [2.45, 2.75) is 25.8 Å². The summed E-state index contributed by atoms with van der Waals surface area (Å²) in [4.78, 5) is 0. The molecule has 0 spiro atoms. The number of nitrogens with one attached hydrogen (secondary N) is 1. The van der Waals surface area contributed by atoms with Gasteiger partial charge < -0.3 is 10.1 Å². The van der Waals surface area contributed by atoms with Gasteiger partial charge in [0.05, 0.1) is 13.2 Å². The van der Waals surface area contributed by atoms with Gasteiger partial charge in [0.2, 0.25) is 0 Å². The van der Waals surface area contributed by atoms with Crippen molar-refractivity contribution in [2.75, 3.05) is 13.7 Å². The molecule has 1 atom stereocenters. The Morgan fingerprint density at radius 1 is 1.44 bits per heavy atom. The molecule has 1 N–H and O–H groups in total. The Morgan fingerprint density at radius 2 is 2.19 bits per heavy atom. The summed E-state index contributed by atoms with van der Waals surface area (Å²) >= 11 is 0. The molecule has 0 radical (unpaired) electrons. The van der Waals surface area contributed by atoms with Crippen LogP contribution in [0.4, 0.5) is 0 Å². The quantitative estimate of drug-likeness (QED) is 0.738. The van der Waals surface area contributed by atoms with Crippen LogP contribution in [0.1, 0.15) is 18.9 Å². The molecule has 0 aromatic heterocycles. The lowest BCUT2D eigenvalue weighted by molar-refractivity contribution is 0.409. The van der Waals surface area contributed by atoms with Crippen LogP contribution in [0.25, 0.3) is 0 Å². The van der Waals surface area contributed by atoms with E-state index < -0.39 is 0 Å². The van der Waals surface area contributed by atoms with E-state index in [0.29, 0.717) is 0 Å². The number of hydrogen-bond donors (Lipinski definition) is 1. The lowest BCUT2D eigenvalue weighted by Gasteiger charge is -2.12. The fourth-order valence-corrected chi connectivity index (χ4v) is 1.61. The van der Waals surface area contributed by atoms with E-state index >= 15 is 0 Å². The Labute approximate surface area is 98.0 Å². The van der Waals surface area contributed by atoms with Crippen LogP contribution in [0, 0.1) is 12.3 Å². The predicted octanol–water partition coefficient (Wildman–Crippen LogP) is 2.24. The van der Waals surface area contributed by atoms with Gasteiger partial charge in [0.1, 0.15) is 5.75 Å². The number of terminal acetylenes is 1. The second-order valence-corrected chi connectivity index (χ2v) is 3.64. The normalized spacial score (nSPS) is 11.8. The molecule has 0 amide bonds. The molecule has 1 aromatic rings. The van der Waals surface area contributed by atoms with Crippen LogP contribution in [-0.2, 0) is 6.42 Å². The Kier molecular flexibility index (Phi) is 5.45. The van der Waals surface area contributed by atoms with Crippen molar-refractivity contribution in [3.05, 3.63) is 29.8 Å². The summed E-state index contributed by atoms with van der Waals surface area (Å²) in [5, 5.41) is 3.33. The number of ether oxygens (including phenoxy) is 1. The van der Waals surface area contributed by atoms with E-state index in [9.17, 15) is 0 Å².